The van der Waals surface area contributed by atoms with Crippen LogP contribution in [0.5, 0.6) is 0 Å². The van der Waals surface area contributed by atoms with Crippen molar-refractivity contribution in [1.82, 2.24) is 24.3 Å². The number of aryl methyl sites for hydroxylation is 2. The van der Waals surface area contributed by atoms with Gasteiger partial charge in [-0.3, -0.25) is 9.36 Å². The summed E-state index contributed by atoms with van der Waals surface area (Å²) in [5, 5.41) is 4.91. The summed E-state index contributed by atoms with van der Waals surface area (Å²) in [5.74, 6) is 0.170. The average molecular weight is 270 g/mol. The molecule has 0 saturated carbocycles. The van der Waals surface area contributed by atoms with Gasteiger partial charge in [0.05, 0.1) is 5.69 Å². The fourth-order valence-corrected chi connectivity index (χ4v) is 2.26. The highest BCUT2D eigenvalue weighted by atomic mass is 16.1. The number of pyridine rings is 1. The van der Waals surface area contributed by atoms with E-state index >= 15 is 0 Å². The van der Waals surface area contributed by atoms with Crippen LogP contribution in [-0.2, 0) is 6.54 Å². The molecule has 3 aromatic rings. The van der Waals surface area contributed by atoms with Crippen LogP contribution in [0.2, 0.25) is 0 Å². The molecule has 0 fully saturated rings. The highest BCUT2D eigenvalue weighted by molar-refractivity contribution is 5.80. The molecule has 7 nitrogen and oxygen atoms in total. The third-order valence-electron chi connectivity index (χ3n) is 3.20. The summed E-state index contributed by atoms with van der Waals surface area (Å²) in [4.78, 5) is 20.9. The van der Waals surface area contributed by atoms with Crippen molar-refractivity contribution in [3.8, 4) is 5.69 Å². The summed E-state index contributed by atoms with van der Waals surface area (Å²) in [6, 6.07) is 3.53. The predicted octanol–water partition coefficient (Wildman–Crippen LogP) is 0.888. The SMILES string of the molecule is CCn1c(=O)c(-n2cccn2)cc2c(C)nc(N)nc21. The quantitative estimate of drug-likeness (QED) is 0.746. The molecule has 7 heteroatoms. The van der Waals surface area contributed by atoms with Gasteiger partial charge in [-0.05, 0) is 26.0 Å². The van der Waals surface area contributed by atoms with Crippen molar-refractivity contribution >= 4 is 17.0 Å². The fraction of sp³-hybridized carbons (Fsp3) is 0.231. The monoisotopic (exact) mass is 270 g/mol. The lowest BCUT2D eigenvalue weighted by molar-refractivity contribution is 0.730. The zero-order valence-corrected chi connectivity index (χ0v) is 11.2. The van der Waals surface area contributed by atoms with E-state index in [1.165, 1.54) is 0 Å². The topological polar surface area (TPSA) is 91.6 Å². The van der Waals surface area contributed by atoms with E-state index in [2.05, 4.69) is 15.1 Å². The Bertz CT molecular complexity index is 834. The van der Waals surface area contributed by atoms with Crippen molar-refractivity contribution in [1.29, 1.82) is 0 Å². The number of anilines is 1. The van der Waals surface area contributed by atoms with Gasteiger partial charge in [0, 0.05) is 24.3 Å². The third kappa shape index (κ3) is 1.75. The Labute approximate surface area is 114 Å². The van der Waals surface area contributed by atoms with E-state index in [9.17, 15) is 4.79 Å². The molecule has 3 rings (SSSR count). The van der Waals surface area contributed by atoms with Gasteiger partial charge < -0.3 is 5.73 Å². The maximum atomic E-state index is 12.5. The summed E-state index contributed by atoms with van der Waals surface area (Å²) in [5.41, 5.74) is 7.29. The zero-order valence-electron chi connectivity index (χ0n) is 11.2. The van der Waals surface area contributed by atoms with Crippen LogP contribution >= 0.6 is 0 Å². The first-order valence-corrected chi connectivity index (χ1v) is 6.29. The highest BCUT2D eigenvalue weighted by Crippen LogP contribution is 2.17. The second kappa shape index (κ2) is 4.44. The summed E-state index contributed by atoms with van der Waals surface area (Å²) >= 11 is 0. The van der Waals surface area contributed by atoms with Crippen molar-refractivity contribution in [2.45, 2.75) is 20.4 Å². The van der Waals surface area contributed by atoms with Crippen molar-refractivity contribution < 1.29 is 0 Å². The molecule has 0 spiro atoms. The van der Waals surface area contributed by atoms with E-state index in [1.54, 1.807) is 33.8 Å². The number of nitrogens with two attached hydrogens (primary N) is 1. The van der Waals surface area contributed by atoms with Crippen LogP contribution in [0.3, 0.4) is 0 Å². The van der Waals surface area contributed by atoms with Gasteiger partial charge >= 0.3 is 0 Å². The predicted molar refractivity (Wildman–Crippen MR) is 75.7 cm³/mol. The Balaban J connectivity index is 2.46. The normalized spacial score (nSPS) is 11.1. The molecule has 2 N–H and O–H groups in total. The summed E-state index contributed by atoms with van der Waals surface area (Å²) in [6.07, 6.45) is 3.36. The molecule has 0 radical (unpaired) electrons. The van der Waals surface area contributed by atoms with Gasteiger partial charge in [0.2, 0.25) is 5.95 Å². The van der Waals surface area contributed by atoms with Gasteiger partial charge in [-0.25, -0.2) is 9.67 Å². The van der Waals surface area contributed by atoms with Gasteiger partial charge in [0.25, 0.3) is 5.56 Å². The number of nitrogens with zero attached hydrogens (tertiary/aromatic N) is 5. The summed E-state index contributed by atoms with van der Waals surface area (Å²) in [6.45, 7) is 4.24. The Kier molecular flexibility index (Phi) is 2.74. The smallest absolute Gasteiger partial charge is 0.278 e. The number of aromatic nitrogens is 5. The van der Waals surface area contributed by atoms with Crippen LogP contribution in [0, 0.1) is 6.92 Å². The maximum Gasteiger partial charge on any atom is 0.278 e. The molecule has 0 aromatic carbocycles. The van der Waals surface area contributed by atoms with Gasteiger partial charge in [-0.2, -0.15) is 10.1 Å². The minimum absolute atomic E-state index is 0.152. The lowest BCUT2D eigenvalue weighted by atomic mass is 10.2. The van der Waals surface area contributed by atoms with Crippen molar-refractivity contribution in [3.63, 3.8) is 0 Å². The minimum atomic E-state index is -0.152. The van der Waals surface area contributed by atoms with E-state index < -0.39 is 0 Å². The van der Waals surface area contributed by atoms with E-state index in [-0.39, 0.29) is 11.5 Å². The second-order valence-electron chi connectivity index (χ2n) is 4.43. The first-order chi connectivity index (χ1) is 9.61. The molecule has 0 atom stereocenters. The molecule has 0 amide bonds. The van der Waals surface area contributed by atoms with E-state index in [1.807, 2.05) is 13.8 Å². The molecule has 0 aliphatic rings. The molecule has 3 aromatic heterocycles. The zero-order chi connectivity index (χ0) is 14.3. The molecule has 20 heavy (non-hydrogen) atoms. The summed E-state index contributed by atoms with van der Waals surface area (Å²) < 4.78 is 3.13. The fourth-order valence-electron chi connectivity index (χ4n) is 2.26. The van der Waals surface area contributed by atoms with Crippen molar-refractivity contribution in [2.75, 3.05) is 5.73 Å². The Hall–Kier alpha value is -2.70. The Morgan fingerprint density at radius 2 is 2.15 bits per heavy atom. The third-order valence-corrected chi connectivity index (χ3v) is 3.20. The molecule has 0 saturated heterocycles. The first kappa shape index (κ1) is 12.3. The number of fused-ring (bicyclic) bond motifs is 1. The number of rotatable bonds is 2. The Morgan fingerprint density at radius 1 is 1.35 bits per heavy atom. The van der Waals surface area contributed by atoms with Crippen molar-refractivity contribution in [2.24, 2.45) is 0 Å². The van der Waals surface area contributed by atoms with Crippen LogP contribution in [0.4, 0.5) is 5.95 Å². The highest BCUT2D eigenvalue weighted by Gasteiger charge is 2.13. The standard InChI is InChI=1S/C13H14N6O/c1-3-18-11-9(8(2)16-13(14)17-11)7-10(12(18)20)19-6-4-5-15-19/h4-7H,3H2,1-2H3,(H2,14,16,17). The van der Waals surface area contributed by atoms with Crippen LogP contribution in [0.15, 0.2) is 29.3 Å². The van der Waals surface area contributed by atoms with E-state index in [0.29, 0.717) is 17.9 Å². The number of hydrogen-bond donors (Lipinski definition) is 1. The largest absolute Gasteiger partial charge is 0.368 e. The molecule has 102 valence electrons. The van der Waals surface area contributed by atoms with Gasteiger partial charge in [0.15, 0.2) is 0 Å². The lowest BCUT2D eigenvalue weighted by Gasteiger charge is -2.12. The molecule has 3 heterocycles. The number of nitrogen functional groups attached to an aromatic ring is 1. The minimum Gasteiger partial charge on any atom is -0.368 e. The van der Waals surface area contributed by atoms with Gasteiger partial charge in [-0.1, -0.05) is 0 Å². The van der Waals surface area contributed by atoms with Crippen LogP contribution in [0.25, 0.3) is 16.7 Å². The molecule has 0 aliphatic carbocycles. The summed E-state index contributed by atoms with van der Waals surface area (Å²) in [7, 11) is 0. The van der Waals surface area contributed by atoms with Gasteiger partial charge in [0.1, 0.15) is 11.3 Å². The molecular weight excluding hydrogens is 256 g/mol. The average Bonchev–Trinajstić information content (AvgIpc) is 2.92. The van der Waals surface area contributed by atoms with E-state index in [4.69, 9.17) is 5.73 Å². The van der Waals surface area contributed by atoms with Crippen LogP contribution in [0.1, 0.15) is 12.6 Å². The Morgan fingerprint density at radius 3 is 2.80 bits per heavy atom. The lowest BCUT2D eigenvalue weighted by Crippen LogP contribution is -2.25. The first-order valence-electron chi connectivity index (χ1n) is 6.29. The molecule has 0 aliphatic heterocycles. The maximum absolute atomic E-state index is 12.5. The second-order valence-corrected chi connectivity index (χ2v) is 4.43. The molecular formula is C13H14N6O. The van der Waals surface area contributed by atoms with Crippen molar-refractivity contribution in [3.05, 3.63) is 40.6 Å². The molecule has 0 unspecified atom stereocenters. The number of hydrogen-bond acceptors (Lipinski definition) is 5. The van der Waals surface area contributed by atoms with E-state index in [0.717, 1.165) is 11.1 Å². The van der Waals surface area contributed by atoms with Crippen LogP contribution in [-0.4, -0.2) is 24.3 Å². The van der Waals surface area contributed by atoms with Gasteiger partial charge in [-0.15, -0.1) is 0 Å². The van der Waals surface area contributed by atoms with Crippen LogP contribution < -0.4 is 11.3 Å². The molecule has 0 bridgehead atoms.